The van der Waals surface area contributed by atoms with Gasteiger partial charge < -0.3 is 15.4 Å². The molecule has 1 amide bonds. The van der Waals surface area contributed by atoms with Crippen LogP contribution in [-0.4, -0.2) is 37.6 Å². The molecular formula is C28H34ClN3O2. The van der Waals surface area contributed by atoms with Crippen LogP contribution in [0, 0.1) is 5.41 Å². The number of carbonyl (C=O) groups excluding carboxylic acids is 1. The number of nitrogens with zero attached hydrogens (tertiary/aromatic N) is 1. The molecule has 0 unspecified atom stereocenters. The summed E-state index contributed by atoms with van der Waals surface area (Å²) in [6, 6.07) is 16.3. The molecule has 0 saturated carbocycles. The first-order valence-electron chi connectivity index (χ1n) is 12.3. The van der Waals surface area contributed by atoms with E-state index < -0.39 is 0 Å². The van der Waals surface area contributed by atoms with Gasteiger partial charge in [0, 0.05) is 18.1 Å². The van der Waals surface area contributed by atoms with Crippen LogP contribution >= 0.6 is 11.6 Å². The summed E-state index contributed by atoms with van der Waals surface area (Å²) in [5.74, 6) is 0.997. The SMILES string of the molecule is COc1ccc2ncc(Cl)c(CCCC3(C(=O)NCCCc4ccccc4)CCNCC3)c2c1. The van der Waals surface area contributed by atoms with Crippen LogP contribution in [0.3, 0.4) is 0 Å². The Balaban J connectivity index is 1.38. The number of nitrogens with one attached hydrogen (secondary N) is 2. The molecule has 2 aromatic carbocycles. The average molecular weight is 480 g/mol. The van der Waals surface area contributed by atoms with Crippen molar-refractivity contribution in [3.63, 3.8) is 0 Å². The Morgan fingerprint density at radius 3 is 2.68 bits per heavy atom. The third-order valence-corrected chi connectivity index (χ3v) is 7.35. The second kappa shape index (κ2) is 11.7. The van der Waals surface area contributed by atoms with Crippen molar-refractivity contribution in [1.82, 2.24) is 15.6 Å². The van der Waals surface area contributed by atoms with Gasteiger partial charge in [0.05, 0.1) is 23.1 Å². The quantitative estimate of drug-likeness (QED) is 0.385. The monoisotopic (exact) mass is 479 g/mol. The van der Waals surface area contributed by atoms with Gasteiger partial charge in [-0.05, 0) is 87.4 Å². The van der Waals surface area contributed by atoms with E-state index in [1.54, 1.807) is 13.3 Å². The van der Waals surface area contributed by atoms with Crippen LogP contribution in [0.2, 0.25) is 5.02 Å². The summed E-state index contributed by atoms with van der Waals surface area (Å²) in [4.78, 5) is 17.8. The molecule has 0 spiro atoms. The van der Waals surface area contributed by atoms with Crippen molar-refractivity contribution in [2.45, 2.75) is 44.9 Å². The number of hydrogen-bond donors (Lipinski definition) is 2. The Morgan fingerprint density at radius 1 is 1.12 bits per heavy atom. The average Bonchev–Trinajstić information content (AvgIpc) is 2.88. The minimum atomic E-state index is -0.314. The molecule has 1 saturated heterocycles. The fourth-order valence-electron chi connectivity index (χ4n) is 5.01. The number of fused-ring (bicyclic) bond motifs is 1. The minimum absolute atomic E-state index is 0.203. The fourth-order valence-corrected chi connectivity index (χ4v) is 5.25. The third kappa shape index (κ3) is 5.89. The van der Waals surface area contributed by atoms with Gasteiger partial charge in [-0.3, -0.25) is 9.78 Å². The molecule has 180 valence electrons. The highest BCUT2D eigenvalue weighted by atomic mass is 35.5. The highest BCUT2D eigenvalue weighted by Gasteiger charge is 2.38. The first-order chi connectivity index (χ1) is 16.6. The Morgan fingerprint density at radius 2 is 1.91 bits per heavy atom. The Bertz CT molecular complexity index is 1100. The molecule has 1 aromatic heterocycles. The van der Waals surface area contributed by atoms with Gasteiger partial charge in [-0.1, -0.05) is 41.9 Å². The molecule has 4 rings (SSSR count). The van der Waals surface area contributed by atoms with Crippen LogP contribution in [0.25, 0.3) is 10.9 Å². The van der Waals surface area contributed by atoms with Crippen molar-refractivity contribution in [2.75, 3.05) is 26.7 Å². The van der Waals surface area contributed by atoms with Crippen LogP contribution in [0.5, 0.6) is 5.75 Å². The maximum atomic E-state index is 13.3. The van der Waals surface area contributed by atoms with E-state index in [9.17, 15) is 4.79 Å². The lowest BCUT2D eigenvalue weighted by Crippen LogP contribution is -2.48. The number of piperidine rings is 1. The van der Waals surface area contributed by atoms with Crippen molar-refractivity contribution in [3.8, 4) is 5.75 Å². The number of pyridine rings is 1. The highest BCUT2D eigenvalue weighted by Crippen LogP contribution is 2.36. The molecule has 5 nitrogen and oxygen atoms in total. The lowest BCUT2D eigenvalue weighted by Gasteiger charge is -2.36. The number of aryl methyl sites for hydroxylation is 2. The van der Waals surface area contributed by atoms with Crippen LogP contribution in [0.4, 0.5) is 0 Å². The van der Waals surface area contributed by atoms with Crippen molar-refractivity contribution in [1.29, 1.82) is 0 Å². The lowest BCUT2D eigenvalue weighted by molar-refractivity contribution is -0.133. The zero-order valence-electron chi connectivity index (χ0n) is 19.9. The smallest absolute Gasteiger partial charge is 0.226 e. The number of methoxy groups -OCH3 is 1. The molecule has 3 aromatic rings. The summed E-state index contributed by atoms with van der Waals surface area (Å²) < 4.78 is 5.41. The van der Waals surface area contributed by atoms with Gasteiger partial charge in [-0.25, -0.2) is 0 Å². The number of hydrogen-bond acceptors (Lipinski definition) is 4. The standard InChI is InChI=1S/C28H34ClN3O2/c1-34-22-11-12-26-24(19-22)23(25(29)20-32-26)10-5-13-28(14-17-30-18-15-28)27(33)31-16-6-9-21-7-3-2-4-8-21/h2-4,7-8,11-12,19-20,30H,5-6,9-10,13-18H2,1H3,(H,31,33). The van der Waals surface area contributed by atoms with E-state index in [2.05, 4.69) is 39.9 Å². The number of amides is 1. The van der Waals surface area contributed by atoms with Gasteiger partial charge in [-0.15, -0.1) is 0 Å². The highest BCUT2D eigenvalue weighted by molar-refractivity contribution is 6.32. The van der Waals surface area contributed by atoms with E-state index in [1.165, 1.54) is 5.56 Å². The van der Waals surface area contributed by atoms with E-state index in [-0.39, 0.29) is 11.3 Å². The van der Waals surface area contributed by atoms with Crippen molar-refractivity contribution in [3.05, 3.63) is 70.9 Å². The summed E-state index contributed by atoms with van der Waals surface area (Å²) in [7, 11) is 1.66. The van der Waals surface area contributed by atoms with Gasteiger partial charge in [0.2, 0.25) is 5.91 Å². The first-order valence-corrected chi connectivity index (χ1v) is 12.6. The van der Waals surface area contributed by atoms with Crippen LogP contribution in [0.1, 0.15) is 43.2 Å². The number of rotatable bonds is 10. The second-order valence-electron chi connectivity index (χ2n) is 9.20. The predicted octanol–water partition coefficient (Wildman–Crippen LogP) is 5.34. The Kier molecular flexibility index (Phi) is 8.41. The normalized spacial score (nSPS) is 15.2. The van der Waals surface area contributed by atoms with Gasteiger partial charge in [0.1, 0.15) is 5.75 Å². The summed E-state index contributed by atoms with van der Waals surface area (Å²) >= 11 is 6.56. The lowest BCUT2D eigenvalue weighted by atomic mass is 9.74. The van der Waals surface area contributed by atoms with Crippen LogP contribution in [-0.2, 0) is 17.6 Å². The van der Waals surface area contributed by atoms with E-state index in [1.807, 2.05) is 24.3 Å². The van der Waals surface area contributed by atoms with E-state index in [0.29, 0.717) is 11.6 Å². The molecule has 6 heteroatoms. The molecule has 34 heavy (non-hydrogen) atoms. The molecule has 0 bridgehead atoms. The van der Waals surface area contributed by atoms with Crippen molar-refractivity contribution in [2.24, 2.45) is 5.41 Å². The fraction of sp³-hybridized carbons (Fsp3) is 0.429. The molecule has 0 atom stereocenters. The molecule has 1 aliphatic rings. The van der Waals surface area contributed by atoms with Crippen molar-refractivity contribution >= 4 is 28.4 Å². The number of ether oxygens (including phenoxy) is 1. The van der Waals surface area contributed by atoms with Gasteiger partial charge in [0.15, 0.2) is 0 Å². The van der Waals surface area contributed by atoms with Crippen LogP contribution < -0.4 is 15.4 Å². The first kappa shape index (κ1) is 24.5. The number of halogens is 1. The summed E-state index contributed by atoms with van der Waals surface area (Å²) in [6.45, 7) is 2.48. The second-order valence-corrected chi connectivity index (χ2v) is 9.60. The van der Waals surface area contributed by atoms with Gasteiger partial charge in [-0.2, -0.15) is 0 Å². The van der Waals surface area contributed by atoms with E-state index in [4.69, 9.17) is 16.3 Å². The summed E-state index contributed by atoms with van der Waals surface area (Å²) in [5.41, 5.74) is 2.99. The minimum Gasteiger partial charge on any atom is -0.497 e. The van der Waals surface area contributed by atoms with Crippen LogP contribution in [0.15, 0.2) is 54.7 Å². The molecule has 1 aliphatic heterocycles. The Labute approximate surface area is 207 Å². The maximum Gasteiger partial charge on any atom is 0.226 e. The Hall–Kier alpha value is -2.63. The van der Waals surface area contributed by atoms with Gasteiger partial charge in [0.25, 0.3) is 0 Å². The number of carbonyl (C=O) groups is 1. The molecule has 0 radical (unpaired) electrons. The van der Waals surface area contributed by atoms with Gasteiger partial charge >= 0.3 is 0 Å². The summed E-state index contributed by atoms with van der Waals surface area (Å²) in [5, 5.41) is 8.36. The van der Waals surface area contributed by atoms with Crippen molar-refractivity contribution < 1.29 is 9.53 Å². The largest absolute Gasteiger partial charge is 0.497 e. The maximum absolute atomic E-state index is 13.3. The molecular weight excluding hydrogens is 446 g/mol. The van der Waals surface area contributed by atoms with E-state index >= 15 is 0 Å². The zero-order chi connectivity index (χ0) is 23.8. The molecule has 2 N–H and O–H groups in total. The third-order valence-electron chi connectivity index (χ3n) is 7.03. The molecule has 1 fully saturated rings. The number of aromatic nitrogens is 1. The summed E-state index contributed by atoms with van der Waals surface area (Å²) in [6.07, 6.45) is 7.95. The van der Waals surface area contributed by atoms with E-state index in [0.717, 1.165) is 80.3 Å². The zero-order valence-corrected chi connectivity index (χ0v) is 20.7. The molecule has 0 aliphatic carbocycles. The molecule has 2 heterocycles. The topological polar surface area (TPSA) is 63.2 Å². The number of benzene rings is 2. The predicted molar refractivity (Wildman–Crippen MR) is 139 cm³/mol.